The van der Waals surface area contributed by atoms with Crippen LogP contribution in [0.5, 0.6) is 0 Å². The molecule has 1 N–H and O–H groups in total. The van der Waals surface area contributed by atoms with E-state index in [-0.39, 0.29) is 0 Å². The predicted molar refractivity (Wildman–Crippen MR) is 50.7 cm³/mol. The summed E-state index contributed by atoms with van der Waals surface area (Å²) >= 11 is 2.01. The molecule has 0 aromatic rings. The van der Waals surface area contributed by atoms with Gasteiger partial charge in [0.25, 0.3) is 0 Å². The Morgan fingerprint density at radius 1 is 1.55 bits per heavy atom. The molecule has 1 aliphatic carbocycles. The molecule has 1 nitrogen and oxygen atoms in total. The second kappa shape index (κ2) is 2.68. The largest absolute Gasteiger partial charge is 0.298 e. The first-order valence-corrected chi connectivity index (χ1v) is 4.98. The molecular weight excluding hydrogens is 154 g/mol. The Hall–Kier alpha value is -0.210. The van der Waals surface area contributed by atoms with Gasteiger partial charge in [0.1, 0.15) is 0 Å². The third kappa shape index (κ3) is 1.37. The average molecular weight is 167 g/mol. The highest BCUT2D eigenvalue weighted by Crippen LogP contribution is 2.31. The van der Waals surface area contributed by atoms with Gasteiger partial charge < -0.3 is 0 Å². The molecule has 3 atom stereocenters. The van der Waals surface area contributed by atoms with Gasteiger partial charge in [-0.1, -0.05) is 23.8 Å². The fourth-order valence-electron chi connectivity index (χ4n) is 1.60. The van der Waals surface area contributed by atoms with Gasteiger partial charge in [-0.15, -0.1) is 11.8 Å². The van der Waals surface area contributed by atoms with Crippen LogP contribution in [0.2, 0.25) is 0 Å². The summed E-state index contributed by atoms with van der Waals surface area (Å²) in [6.07, 6.45) is 6.83. The highest BCUT2D eigenvalue weighted by molar-refractivity contribution is 8.00. The van der Waals surface area contributed by atoms with Crippen molar-refractivity contribution in [2.45, 2.75) is 30.5 Å². The number of nitrogens with one attached hydrogen (secondary N) is 1. The van der Waals surface area contributed by atoms with E-state index < -0.39 is 0 Å². The topological polar surface area (TPSA) is 12.0 Å². The Morgan fingerprint density at radius 2 is 2.36 bits per heavy atom. The Morgan fingerprint density at radius 3 is 3.18 bits per heavy atom. The van der Waals surface area contributed by atoms with Crippen LogP contribution in [0.4, 0.5) is 0 Å². The Bertz CT molecular complexity index is 220. The minimum absolute atomic E-state index is 0.582. The van der Waals surface area contributed by atoms with Crippen LogP contribution in [0.3, 0.4) is 0 Å². The van der Waals surface area contributed by atoms with E-state index in [1.54, 1.807) is 0 Å². The number of fused-ring (bicyclic) bond motifs is 1. The first-order valence-electron chi connectivity index (χ1n) is 4.04. The summed E-state index contributed by atoms with van der Waals surface area (Å²) in [4.78, 5) is 0. The molecule has 0 amide bonds. The molecule has 60 valence electrons. The molecule has 1 aliphatic heterocycles. The van der Waals surface area contributed by atoms with E-state index in [1.807, 2.05) is 11.8 Å². The molecule has 0 saturated carbocycles. The summed E-state index contributed by atoms with van der Waals surface area (Å²) in [5.74, 6) is 0. The molecule has 2 heteroatoms. The van der Waals surface area contributed by atoms with Gasteiger partial charge in [-0.05, 0) is 13.8 Å². The van der Waals surface area contributed by atoms with E-state index in [4.69, 9.17) is 0 Å². The predicted octanol–water partition coefficient (Wildman–Crippen LogP) is 1.92. The molecule has 1 fully saturated rings. The quantitative estimate of drug-likeness (QED) is 0.591. The number of hydrogen-bond acceptors (Lipinski definition) is 2. The zero-order chi connectivity index (χ0) is 7.84. The molecule has 2 rings (SSSR count). The van der Waals surface area contributed by atoms with E-state index in [0.717, 1.165) is 0 Å². The standard InChI is InChI=1S/C9H13NS/c1-6-3-4-8-9(5-6)11-7(2)10-8/h3-5,7-10H,1-2H3. The van der Waals surface area contributed by atoms with Crippen molar-refractivity contribution in [1.82, 2.24) is 5.32 Å². The first kappa shape index (κ1) is 7.44. The van der Waals surface area contributed by atoms with Crippen LogP contribution in [0.1, 0.15) is 13.8 Å². The Balaban J connectivity index is 2.17. The SMILES string of the molecule is CC1=CC2SC(C)NC2C=C1. The van der Waals surface area contributed by atoms with Crippen LogP contribution in [0.25, 0.3) is 0 Å². The maximum Gasteiger partial charge on any atom is 0.0515 e. The molecule has 0 bridgehead atoms. The third-order valence-electron chi connectivity index (χ3n) is 2.14. The monoisotopic (exact) mass is 167 g/mol. The van der Waals surface area contributed by atoms with Crippen molar-refractivity contribution >= 4 is 11.8 Å². The van der Waals surface area contributed by atoms with E-state index in [2.05, 4.69) is 37.4 Å². The van der Waals surface area contributed by atoms with Gasteiger partial charge in [0.05, 0.1) is 5.37 Å². The summed E-state index contributed by atoms with van der Waals surface area (Å²) in [7, 11) is 0. The Kier molecular flexibility index (Phi) is 1.81. The van der Waals surface area contributed by atoms with Crippen molar-refractivity contribution in [2.75, 3.05) is 0 Å². The summed E-state index contributed by atoms with van der Waals surface area (Å²) in [5, 5.41) is 4.79. The number of hydrogen-bond donors (Lipinski definition) is 1. The molecule has 1 saturated heterocycles. The highest BCUT2D eigenvalue weighted by Gasteiger charge is 2.29. The van der Waals surface area contributed by atoms with Crippen LogP contribution >= 0.6 is 11.8 Å². The van der Waals surface area contributed by atoms with Crippen molar-refractivity contribution < 1.29 is 0 Å². The molecule has 0 spiro atoms. The molecule has 2 aliphatic rings. The molecule has 11 heavy (non-hydrogen) atoms. The van der Waals surface area contributed by atoms with Crippen LogP contribution < -0.4 is 5.32 Å². The van der Waals surface area contributed by atoms with Gasteiger partial charge in [-0.2, -0.15) is 0 Å². The fourth-order valence-corrected chi connectivity index (χ4v) is 2.94. The van der Waals surface area contributed by atoms with E-state index in [0.29, 0.717) is 16.7 Å². The van der Waals surface area contributed by atoms with Crippen LogP contribution in [0.15, 0.2) is 23.8 Å². The number of allylic oxidation sites excluding steroid dienone is 2. The highest BCUT2D eigenvalue weighted by atomic mass is 32.2. The number of rotatable bonds is 0. The number of thioether (sulfide) groups is 1. The average Bonchev–Trinajstić information content (AvgIpc) is 2.27. The second-order valence-electron chi connectivity index (χ2n) is 3.21. The normalized spacial score (nSPS) is 42.0. The maximum absolute atomic E-state index is 3.51. The zero-order valence-electron chi connectivity index (χ0n) is 6.87. The van der Waals surface area contributed by atoms with E-state index in [9.17, 15) is 0 Å². The lowest BCUT2D eigenvalue weighted by Gasteiger charge is -2.15. The minimum atomic E-state index is 0.582. The van der Waals surface area contributed by atoms with Crippen molar-refractivity contribution in [3.8, 4) is 0 Å². The summed E-state index contributed by atoms with van der Waals surface area (Å²) in [6.45, 7) is 4.39. The molecule has 1 heterocycles. The van der Waals surface area contributed by atoms with Gasteiger partial charge in [0, 0.05) is 11.3 Å². The molecule has 0 aromatic carbocycles. The first-order chi connectivity index (χ1) is 5.25. The van der Waals surface area contributed by atoms with Crippen molar-refractivity contribution in [3.63, 3.8) is 0 Å². The lowest BCUT2D eigenvalue weighted by atomic mass is 10.0. The minimum Gasteiger partial charge on any atom is -0.298 e. The molecular formula is C9H13NS. The summed E-state index contributed by atoms with van der Waals surface area (Å²) in [6, 6.07) is 0.582. The lowest BCUT2D eigenvalue weighted by Crippen LogP contribution is -2.30. The maximum atomic E-state index is 3.51. The van der Waals surface area contributed by atoms with Crippen molar-refractivity contribution in [1.29, 1.82) is 0 Å². The lowest BCUT2D eigenvalue weighted by molar-refractivity contribution is 0.638. The van der Waals surface area contributed by atoms with Crippen LogP contribution in [-0.2, 0) is 0 Å². The zero-order valence-corrected chi connectivity index (χ0v) is 7.69. The smallest absolute Gasteiger partial charge is 0.0515 e. The van der Waals surface area contributed by atoms with Gasteiger partial charge in [-0.25, -0.2) is 0 Å². The Labute approximate surface area is 71.9 Å². The third-order valence-corrected chi connectivity index (χ3v) is 3.42. The van der Waals surface area contributed by atoms with E-state index >= 15 is 0 Å². The fraction of sp³-hybridized carbons (Fsp3) is 0.556. The summed E-state index contributed by atoms with van der Waals surface area (Å²) in [5.41, 5.74) is 1.40. The molecule has 3 unspecified atom stereocenters. The summed E-state index contributed by atoms with van der Waals surface area (Å²) < 4.78 is 0. The molecule has 0 radical (unpaired) electrons. The van der Waals surface area contributed by atoms with Gasteiger partial charge in [-0.3, -0.25) is 5.32 Å². The van der Waals surface area contributed by atoms with Crippen LogP contribution in [-0.4, -0.2) is 16.7 Å². The van der Waals surface area contributed by atoms with Crippen molar-refractivity contribution in [2.24, 2.45) is 0 Å². The van der Waals surface area contributed by atoms with E-state index in [1.165, 1.54) is 5.57 Å². The van der Waals surface area contributed by atoms with Gasteiger partial charge in [0.15, 0.2) is 0 Å². The van der Waals surface area contributed by atoms with Gasteiger partial charge >= 0.3 is 0 Å². The van der Waals surface area contributed by atoms with Crippen LogP contribution in [0, 0.1) is 0 Å². The second-order valence-corrected chi connectivity index (χ2v) is 4.73. The van der Waals surface area contributed by atoms with Crippen molar-refractivity contribution in [3.05, 3.63) is 23.8 Å². The molecule has 0 aromatic heterocycles. The van der Waals surface area contributed by atoms with Gasteiger partial charge in [0.2, 0.25) is 0 Å².